The van der Waals surface area contributed by atoms with Gasteiger partial charge in [0.05, 0.1) is 5.69 Å². The van der Waals surface area contributed by atoms with Crippen LogP contribution in [0.15, 0.2) is 24.3 Å². The number of sulfonamides is 1. The number of carbonyl (C=O) groups excluding carboxylic acids is 1. The zero-order chi connectivity index (χ0) is 15.8. The molecule has 1 N–H and O–H groups in total. The maximum atomic E-state index is 12.4. The predicted octanol–water partition coefficient (Wildman–Crippen LogP) is 2.20. The summed E-state index contributed by atoms with van der Waals surface area (Å²) in [6.07, 6.45) is 0.987. The third kappa shape index (κ3) is 2.36. The van der Waals surface area contributed by atoms with Gasteiger partial charge in [0, 0.05) is 6.04 Å². The zero-order valence-corrected chi connectivity index (χ0v) is 13.7. The van der Waals surface area contributed by atoms with E-state index in [1.54, 1.807) is 12.1 Å². The van der Waals surface area contributed by atoms with Crippen molar-refractivity contribution < 1.29 is 13.2 Å². The van der Waals surface area contributed by atoms with Gasteiger partial charge in [0.2, 0.25) is 0 Å². The average molecular weight is 310 g/mol. The highest BCUT2D eigenvalue weighted by molar-refractivity contribution is 7.98. The minimum absolute atomic E-state index is 0.0205. The third-order valence-electron chi connectivity index (χ3n) is 3.91. The van der Waals surface area contributed by atoms with Crippen LogP contribution in [0, 0.1) is 0 Å². The number of rotatable bonds is 5. The molecular formula is C15H22N2O3S. The number of nitrogens with one attached hydrogen (secondary N) is 1. The lowest BCUT2D eigenvalue weighted by Gasteiger charge is -2.43. The Morgan fingerprint density at radius 1 is 1.29 bits per heavy atom. The van der Waals surface area contributed by atoms with Gasteiger partial charge in [-0.2, -0.15) is 0 Å². The number of hydrogen-bond donors (Lipinski definition) is 1. The Bertz CT molecular complexity index is 653. The van der Waals surface area contributed by atoms with E-state index in [0.29, 0.717) is 5.69 Å². The fraction of sp³-hybridized carbons (Fsp3) is 0.533. The summed E-state index contributed by atoms with van der Waals surface area (Å²) in [4.78, 5) is 12.2. The molecule has 6 heteroatoms. The van der Waals surface area contributed by atoms with Crippen LogP contribution >= 0.6 is 0 Å². The van der Waals surface area contributed by atoms with Crippen LogP contribution < -0.4 is 9.62 Å². The van der Waals surface area contributed by atoms with Crippen LogP contribution in [-0.4, -0.2) is 25.6 Å². The Kier molecular flexibility index (Phi) is 4.13. The first-order valence-corrected chi connectivity index (χ1v) is 8.60. The lowest BCUT2D eigenvalue weighted by atomic mass is 10.0. The van der Waals surface area contributed by atoms with Crippen LogP contribution in [0.5, 0.6) is 0 Å². The van der Waals surface area contributed by atoms with Gasteiger partial charge in [0.15, 0.2) is 4.75 Å². The molecule has 1 aliphatic rings. The van der Waals surface area contributed by atoms with Crippen molar-refractivity contribution in [1.29, 1.82) is 0 Å². The number of amides is 1. The molecule has 1 saturated heterocycles. The van der Waals surface area contributed by atoms with Gasteiger partial charge < -0.3 is 5.32 Å². The number of nitrogens with zero attached hydrogens (tertiary/aromatic N) is 1. The second-order valence-corrected chi connectivity index (χ2v) is 8.16. The number of anilines is 1. The van der Waals surface area contributed by atoms with E-state index >= 15 is 0 Å². The molecule has 0 aromatic heterocycles. The molecule has 21 heavy (non-hydrogen) atoms. The van der Waals surface area contributed by atoms with Gasteiger partial charge in [-0.1, -0.05) is 25.1 Å². The van der Waals surface area contributed by atoms with Gasteiger partial charge in [-0.25, -0.2) is 12.7 Å². The summed E-state index contributed by atoms with van der Waals surface area (Å²) in [6.45, 7) is 7.76. The Morgan fingerprint density at radius 2 is 1.90 bits per heavy atom. The lowest BCUT2D eigenvalue weighted by Crippen LogP contribution is -2.68. The molecule has 0 spiro atoms. The molecule has 1 unspecified atom stereocenters. The zero-order valence-electron chi connectivity index (χ0n) is 12.9. The number of para-hydroxylation sites is 1. The van der Waals surface area contributed by atoms with E-state index in [0.717, 1.165) is 22.8 Å². The monoisotopic (exact) mass is 310 g/mol. The van der Waals surface area contributed by atoms with Crippen LogP contribution in [0.4, 0.5) is 5.69 Å². The van der Waals surface area contributed by atoms with Gasteiger partial charge in [-0.05, 0) is 45.4 Å². The Morgan fingerprint density at radius 3 is 2.48 bits per heavy atom. The van der Waals surface area contributed by atoms with Crippen molar-refractivity contribution in [2.75, 3.05) is 10.8 Å². The second kappa shape index (κ2) is 5.42. The topological polar surface area (TPSA) is 66.5 Å². The standard InChI is InChI=1S/C15H22N2O3S/c1-5-10-16-11(2)12-8-6-7-9-13(12)17-14(18)15(3,4)21(17,19)20/h6-9,11,16H,5,10H2,1-4H3. The first-order chi connectivity index (χ1) is 9.75. The lowest BCUT2D eigenvalue weighted by molar-refractivity contribution is -0.120. The average Bonchev–Trinajstić information content (AvgIpc) is 2.45. The first kappa shape index (κ1) is 16.0. The highest BCUT2D eigenvalue weighted by atomic mass is 32.2. The van der Waals surface area contributed by atoms with Crippen molar-refractivity contribution in [3.63, 3.8) is 0 Å². The van der Waals surface area contributed by atoms with E-state index < -0.39 is 14.8 Å². The maximum Gasteiger partial charge on any atom is 0.263 e. The number of hydrogen-bond acceptors (Lipinski definition) is 4. The Balaban J connectivity index is 2.41. The van der Waals surface area contributed by atoms with E-state index in [2.05, 4.69) is 12.2 Å². The molecule has 0 bridgehead atoms. The van der Waals surface area contributed by atoms with E-state index in [1.807, 2.05) is 19.1 Å². The molecule has 1 aromatic carbocycles. The summed E-state index contributed by atoms with van der Waals surface area (Å²) in [7, 11) is -3.62. The van der Waals surface area contributed by atoms with E-state index in [-0.39, 0.29) is 11.9 Å². The minimum atomic E-state index is -3.62. The number of benzene rings is 1. The molecule has 1 atom stereocenters. The van der Waals surface area contributed by atoms with E-state index in [1.165, 1.54) is 13.8 Å². The molecule has 0 aliphatic carbocycles. The molecule has 116 valence electrons. The molecule has 1 fully saturated rings. The van der Waals surface area contributed by atoms with Crippen molar-refractivity contribution in [2.24, 2.45) is 0 Å². The second-order valence-electron chi connectivity index (χ2n) is 5.82. The third-order valence-corrected chi connectivity index (χ3v) is 6.21. The normalized spacial score (nSPS) is 21.0. The molecule has 1 heterocycles. The van der Waals surface area contributed by atoms with Crippen molar-refractivity contribution in [2.45, 2.75) is 44.9 Å². The summed E-state index contributed by atoms with van der Waals surface area (Å²) >= 11 is 0. The van der Waals surface area contributed by atoms with Crippen molar-refractivity contribution in [3.05, 3.63) is 29.8 Å². The Hall–Kier alpha value is -1.40. The summed E-state index contributed by atoms with van der Waals surface area (Å²) in [5.74, 6) is -0.377. The van der Waals surface area contributed by atoms with Crippen LogP contribution in [0.1, 0.15) is 45.7 Å². The van der Waals surface area contributed by atoms with Crippen LogP contribution in [0.25, 0.3) is 0 Å². The molecular weight excluding hydrogens is 288 g/mol. The van der Waals surface area contributed by atoms with Crippen LogP contribution in [0.2, 0.25) is 0 Å². The van der Waals surface area contributed by atoms with Crippen LogP contribution in [0.3, 0.4) is 0 Å². The molecule has 2 rings (SSSR count). The van der Waals surface area contributed by atoms with Crippen molar-refractivity contribution in [1.82, 2.24) is 5.32 Å². The van der Waals surface area contributed by atoms with Gasteiger partial charge in [-0.3, -0.25) is 4.79 Å². The molecule has 1 aliphatic heterocycles. The number of carbonyl (C=O) groups is 1. The molecule has 5 nitrogen and oxygen atoms in total. The summed E-state index contributed by atoms with van der Waals surface area (Å²) < 4.78 is 24.3. The predicted molar refractivity (Wildman–Crippen MR) is 83.6 cm³/mol. The quantitative estimate of drug-likeness (QED) is 0.905. The molecule has 1 amide bonds. The molecule has 0 saturated carbocycles. The van der Waals surface area contributed by atoms with E-state index in [4.69, 9.17) is 0 Å². The first-order valence-electron chi connectivity index (χ1n) is 7.16. The van der Waals surface area contributed by atoms with E-state index in [9.17, 15) is 13.2 Å². The largest absolute Gasteiger partial charge is 0.310 e. The van der Waals surface area contributed by atoms with Crippen molar-refractivity contribution >= 4 is 21.6 Å². The summed E-state index contributed by atoms with van der Waals surface area (Å²) in [5, 5.41) is 3.32. The fourth-order valence-corrected chi connectivity index (χ4v) is 3.91. The molecule has 1 aromatic rings. The highest BCUT2D eigenvalue weighted by Crippen LogP contribution is 2.41. The minimum Gasteiger partial charge on any atom is -0.310 e. The van der Waals surface area contributed by atoms with Gasteiger partial charge in [0.25, 0.3) is 15.9 Å². The van der Waals surface area contributed by atoms with Crippen molar-refractivity contribution in [3.8, 4) is 0 Å². The summed E-state index contributed by atoms with van der Waals surface area (Å²) in [5.41, 5.74) is 1.27. The van der Waals surface area contributed by atoms with Gasteiger partial charge in [0.1, 0.15) is 0 Å². The SMILES string of the molecule is CCCNC(C)c1ccccc1N1C(=O)C(C)(C)S1(=O)=O. The van der Waals surface area contributed by atoms with Crippen LogP contribution in [-0.2, 0) is 14.8 Å². The maximum absolute atomic E-state index is 12.4. The van der Waals surface area contributed by atoms with Gasteiger partial charge >= 0.3 is 0 Å². The van der Waals surface area contributed by atoms with Gasteiger partial charge in [-0.15, -0.1) is 0 Å². The summed E-state index contributed by atoms with van der Waals surface area (Å²) in [6, 6.07) is 7.12. The smallest absolute Gasteiger partial charge is 0.263 e. The Labute approximate surface area is 126 Å². The molecule has 0 radical (unpaired) electrons. The fourth-order valence-electron chi connectivity index (χ4n) is 2.40. The highest BCUT2D eigenvalue weighted by Gasteiger charge is 2.61.